The molecule has 5 N–H and O–H groups in total. The van der Waals surface area contributed by atoms with E-state index in [0.717, 1.165) is 78.3 Å². The van der Waals surface area contributed by atoms with E-state index in [1.54, 1.807) is 57.7 Å². The minimum Gasteiger partial charge on any atom is -0.496 e. The Bertz CT molecular complexity index is 4070. The van der Waals surface area contributed by atoms with Gasteiger partial charge in [0.2, 0.25) is 0 Å². The van der Waals surface area contributed by atoms with Gasteiger partial charge in [-0.05, 0) is 200 Å². The third-order valence-electron chi connectivity index (χ3n) is 16.2. The molecular weight excluding hydrogens is 1240 g/mol. The molecule has 0 aliphatic carbocycles. The number of fused-ring (bicyclic) bond motifs is 1. The first-order valence-corrected chi connectivity index (χ1v) is 31.5. The molecule has 0 aromatic heterocycles. The number of nitrogens with two attached hydrogens (primary N) is 1. The lowest BCUT2D eigenvalue weighted by atomic mass is 9.86. The minimum atomic E-state index is -1.00. The summed E-state index contributed by atoms with van der Waals surface area (Å²) in [6.07, 6.45) is 1.38. The summed E-state index contributed by atoms with van der Waals surface area (Å²) in [6, 6.07) is 48.8. The summed E-state index contributed by atoms with van der Waals surface area (Å²) in [6.45, 7) is 15.7. The van der Waals surface area contributed by atoms with Crippen molar-refractivity contribution in [1.29, 1.82) is 0 Å². The molecule has 0 bridgehead atoms. The number of carboxylic acids is 1. The number of rotatable bonds is 22. The van der Waals surface area contributed by atoms with Gasteiger partial charge in [0.05, 0.1) is 55.7 Å². The number of methoxy groups -OCH3 is 5. The van der Waals surface area contributed by atoms with Gasteiger partial charge in [-0.25, -0.2) is 18.0 Å². The van der Waals surface area contributed by atoms with Gasteiger partial charge in [0.1, 0.15) is 31.3 Å². The van der Waals surface area contributed by atoms with Crippen molar-refractivity contribution in [2.45, 2.75) is 93.6 Å². The molecule has 0 saturated carbocycles. The number of benzene rings is 9. The molecule has 14 nitrogen and oxygen atoms in total. The lowest BCUT2D eigenvalue weighted by molar-refractivity contribution is 0.0695. The first-order chi connectivity index (χ1) is 47.2. The van der Waals surface area contributed by atoms with Crippen LogP contribution < -0.4 is 54.3 Å². The van der Waals surface area contributed by atoms with Crippen LogP contribution in [0, 0.1) is 65.9 Å². The topological polar surface area (TPSA) is 178 Å². The van der Waals surface area contributed by atoms with Crippen molar-refractivity contribution < 1.29 is 71.5 Å². The molecule has 9 aromatic carbocycles. The summed E-state index contributed by atoms with van der Waals surface area (Å²) >= 11 is 0. The van der Waals surface area contributed by atoms with Crippen LogP contribution in [0.1, 0.15) is 112 Å². The second kappa shape index (κ2) is 37.9. The molecular formula is C79H89F4N3O11. The number of carbonyl (C=O) groups excluding carboxylic acids is 1. The molecule has 1 atom stereocenters. The first kappa shape index (κ1) is 74.4. The Morgan fingerprint density at radius 1 is 0.505 bits per heavy atom. The molecule has 0 fully saturated rings. The Balaban J connectivity index is 0.000000214. The maximum Gasteiger partial charge on any atom is 0.335 e. The zero-order valence-electron chi connectivity index (χ0n) is 58.3. The summed E-state index contributed by atoms with van der Waals surface area (Å²) in [4.78, 5) is 23.3. The molecule has 1 amide bonds. The van der Waals surface area contributed by atoms with Gasteiger partial charge >= 0.3 is 5.97 Å². The van der Waals surface area contributed by atoms with Crippen molar-refractivity contribution in [3.8, 4) is 46.0 Å². The summed E-state index contributed by atoms with van der Waals surface area (Å²) < 4.78 is 105. The van der Waals surface area contributed by atoms with Crippen LogP contribution in [0.3, 0.4) is 0 Å². The van der Waals surface area contributed by atoms with Gasteiger partial charge in [0.25, 0.3) is 5.91 Å². The number of carboxylic acid groups (broad SMARTS) is 1. The van der Waals surface area contributed by atoms with Crippen molar-refractivity contribution in [1.82, 2.24) is 10.6 Å². The second-order valence-electron chi connectivity index (χ2n) is 22.8. The summed E-state index contributed by atoms with van der Waals surface area (Å²) in [5.74, 6) is 0.832. The molecule has 0 spiro atoms. The van der Waals surface area contributed by atoms with Crippen LogP contribution in [-0.2, 0) is 39.1 Å². The minimum absolute atomic E-state index is 0.0711. The number of hydrogen-bond acceptors (Lipinski definition) is 12. The standard InChI is InChI=1S/C26H28FNO4.C26H28FNO3.C16H18FNO2.C10H12O2.CH3F/c1-17-15-23(31-4)18(2)14-21(17)26(29)28-13-12-20-10-11-22(30-3)25(24(20)27)32-16-19-8-6-5-7-9-19;1-16-13-22(29-3)17(2)12-20(16)25-21-14-23(30-4)26(24(27)19(21)10-11-28-25)31-15-18-8-6-5-7-9-18;1-19-14-8-7-13(9-10-18)15(17)16(14)20-11-12-5-3-2-4-6-12;1-6-4-8(3)9(10(11)12)5-7(6)2;1-2/h5-11,14-15H,12-13,16H2,1-4H3,(H,28,29);5-9,12-14,25,28H,10-11,15H2,1-4H3;2-8H,9-11,18H2,1H3;4-5H,1-3H3,(H,11,12);1H3/i;;;;1D. The molecule has 1 aliphatic rings. The highest BCUT2D eigenvalue weighted by Gasteiger charge is 2.30. The van der Waals surface area contributed by atoms with Crippen LogP contribution in [0.5, 0.6) is 46.0 Å². The maximum atomic E-state index is 15.6. The van der Waals surface area contributed by atoms with Gasteiger partial charge in [0, 0.05) is 18.7 Å². The maximum absolute atomic E-state index is 15.6. The number of alkyl halides is 1. The van der Waals surface area contributed by atoms with Crippen molar-refractivity contribution in [3.05, 3.63) is 270 Å². The summed E-state index contributed by atoms with van der Waals surface area (Å²) in [5, 5.41) is 15.2. The summed E-state index contributed by atoms with van der Waals surface area (Å²) in [5.41, 5.74) is 19.8. The number of aryl methyl sites for hydroxylation is 7. The quantitative estimate of drug-likeness (QED) is 0.0472. The van der Waals surface area contributed by atoms with Gasteiger partial charge in [-0.3, -0.25) is 9.18 Å². The number of nitrogens with one attached hydrogen (secondary N) is 2. The predicted octanol–water partition coefficient (Wildman–Crippen LogP) is 16.1. The SMILES string of the molecule is COc1cc(C)c(C(=O)NCCc2ccc(OC)c(OCc3ccccc3)c2F)cc1C.COc1cc(C)c(C2NCCc3c2cc(OC)c(OCc2ccccc2)c3F)cc1C.COc1ccc(CCN)c(F)c1OCc1ccccc1.Cc1cc(C)c(C(=O)O)cc1C.[2H]CF. The van der Waals surface area contributed by atoms with Crippen LogP contribution in [0.25, 0.3) is 0 Å². The highest BCUT2D eigenvalue weighted by Crippen LogP contribution is 2.43. The van der Waals surface area contributed by atoms with E-state index in [0.29, 0.717) is 84.0 Å². The number of ether oxygens (including phenoxy) is 8. The Hall–Kier alpha value is -10.0. The van der Waals surface area contributed by atoms with E-state index >= 15 is 8.78 Å². The third kappa shape index (κ3) is 20.5. The third-order valence-corrected chi connectivity index (χ3v) is 16.2. The Morgan fingerprint density at radius 3 is 1.39 bits per heavy atom. The average molecular weight is 1330 g/mol. The van der Waals surface area contributed by atoms with E-state index in [9.17, 15) is 18.4 Å². The first-order valence-electron chi connectivity index (χ1n) is 32.2. The van der Waals surface area contributed by atoms with Crippen molar-refractivity contribution in [3.63, 3.8) is 0 Å². The fraction of sp³-hybridized carbons (Fsp3) is 0.291. The van der Waals surface area contributed by atoms with Crippen LogP contribution >= 0.6 is 0 Å². The molecule has 10 rings (SSSR count). The van der Waals surface area contributed by atoms with Crippen molar-refractivity contribution in [2.24, 2.45) is 5.73 Å². The van der Waals surface area contributed by atoms with E-state index < -0.39 is 24.8 Å². The van der Waals surface area contributed by atoms with Crippen LogP contribution in [0.2, 0.25) is 0 Å². The molecule has 18 heteroatoms. The number of aromatic carboxylic acids is 1. The molecule has 9 aromatic rings. The van der Waals surface area contributed by atoms with Gasteiger partial charge < -0.3 is 59.4 Å². The highest BCUT2D eigenvalue weighted by molar-refractivity contribution is 5.96. The van der Waals surface area contributed by atoms with E-state index in [-0.39, 0.29) is 54.8 Å². The van der Waals surface area contributed by atoms with Crippen LogP contribution in [0.15, 0.2) is 158 Å². The smallest absolute Gasteiger partial charge is 0.335 e. The Morgan fingerprint density at radius 2 is 0.928 bits per heavy atom. The Kier molecular flexibility index (Phi) is 29.0. The molecule has 1 aliphatic heterocycles. The number of hydrogen-bond donors (Lipinski definition) is 4. The highest BCUT2D eigenvalue weighted by atomic mass is 19.1. The monoisotopic (exact) mass is 1330 g/mol. The zero-order chi connectivity index (χ0) is 71.4. The van der Waals surface area contributed by atoms with E-state index in [1.807, 2.05) is 157 Å². The number of amides is 1. The Labute approximate surface area is 569 Å². The van der Waals surface area contributed by atoms with Gasteiger partial charge in [-0.2, -0.15) is 0 Å². The number of halogens is 4. The average Bonchev–Trinajstić information content (AvgIpc) is 0.762. The second-order valence-corrected chi connectivity index (χ2v) is 22.8. The van der Waals surface area contributed by atoms with Crippen LogP contribution in [0.4, 0.5) is 17.6 Å². The predicted molar refractivity (Wildman–Crippen MR) is 373 cm³/mol. The normalized spacial score (nSPS) is 11.9. The molecule has 0 saturated heterocycles. The van der Waals surface area contributed by atoms with Gasteiger partial charge in [-0.1, -0.05) is 115 Å². The molecule has 0 radical (unpaired) electrons. The lowest BCUT2D eigenvalue weighted by Gasteiger charge is -2.30. The fourth-order valence-corrected chi connectivity index (χ4v) is 10.9. The summed E-state index contributed by atoms with van der Waals surface area (Å²) in [7, 11) is 6.79. The molecule has 514 valence electrons. The van der Waals surface area contributed by atoms with Gasteiger partial charge in [-0.15, -0.1) is 0 Å². The van der Waals surface area contributed by atoms with Crippen LogP contribution in [-0.4, -0.2) is 79.3 Å². The zero-order valence-corrected chi connectivity index (χ0v) is 57.3. The van der Waals surface area contributed by atoms with Gasteiger partial charge in [0.15, 0.2) is 51.9 Å². The lowest BCUT2D eigenvalue weighted by Crippen LogP contribution is -2.32. The van der Waals surface area contributed by atoms with Crippen molar-refractivity contribution >= 4 is 11.9 Å². The largest absolute Gasteiger partial charge is 0.496 e. The number of carbonyl (C=O) groups is 2. The molecule has 1 unspecified atom stereocenters. The van der Waals surface area contributed by atoms with E-state index in [1.165, 1.54) is 14.2 Å². The van der Waals surface area contributed by atoms with E-state index in [2.05, 4.69) is 23.6 Å². The van der Waals surface area contributed by atoms with E-state index in [4.69, 9.17) is 50.1 Å². The molecule has 97 heavy (non-hydrogen) atoms. The van der Waals surface area contributed by atoms with Crippen molar-refractivity contribution in [2.75, 3.05) is 62.3 Å². The molecule has 1 heterocycles. The fourth-order valence-electron chi connectivity index (χ4n) is 10.9.